The molecule has 4 aliphatic rings. The number of benzene rings is 2. The second-order valence-electron chi connectivity index (χ2n) is 7.85. The Kier molecular flexibility index (Phi) is 3.77. The Balaban J connectivity index is 1.64. The molecule has 1 atom stereocenters. The van der Waals surface area contributed by atoms with Crippen LogP contribution < -0.4 is 9.64 Å². The summed E-state index contributed by atoms with van der Waals surface area (Å²) in [6.45, 7) is 1.70. The molecule has 6 heteroatoms. The Labute approximate surface area is 178 Å². The van der Waals surface area contributed by atoms with Crippen molar-refractivity contribution in [3.8, 4) is 5.75 Å². The van der Waals surface area contributed by atoms with Crippen LogP contribution in [0.15, 0.2) is 58.6 Å². The lowest BCUT2D eigenvalue weighted by Crippen LogP contribution is -2.31. The summed E-state index contributed by atoms with van der Waals surface area (Å²) in [5.74, 6) is 0.201. The van der Waals surface area contributed by atoms with E-state index in [9.17, 15) is 9.59 Å². The van der Waals surface area contributed by atoms with Crippen molar-refractivity contribution in [1.82, 2.24) is 0 Å². The topological polar surface area (TPSA) is 59.0 Å². The van der Waals surface area contributed by atoms with E-state index in [-0.39, 0.29) is 11.6 Å². The minimum Gasteiger partial charge on any atom is -0.478 e. The lowest BCUT2D eigenvalue weighted by atomic mass is 9.81. The van der Waals surface area contributed by atoms with Crippen LogP contribution in [0.1, 0.15) is 44.7 Å². The zero-order valence-corrected chi connectivity index (χ0v) is 16.8. The van der Waals surface area contributed by atoms with Crippen LogP contribution in [0, 0.1) is 0 Å². The maximum Gasteiger partial charge on any atom is 0.196 e. The molecule has 0 N–H and O–H groups in total. The molecule has 0 radical (unpaired) electrons. The zero-order valence-electron chi connectivity index (χ0n) is 16.0. The van der Waals surface area contributed by atoms with Gasteiger partial charge in [-0.3, -0.25) is 9.59 Å². The van der Waals surface area contributed by atoms with Gasteiger partial charge in [-0.15, -0.1) is 0 Å². The fourth-order valence-corrected chi connectivity index (χ4v) is 4.83. The Morgan fingerprint density at radius 1 is 1.00 bits per heavy atom. The monoisotopic (exact) mass is 416 g/mol. The smallest absolute Gasteiger partial charge is 0.196 e. The van der Waals surface area contributed by atoms with Crippen molar-refractivity contribution in [3.05, 3.63) is 75.8 Å². The van der Waals surface area contributed by atoms with E-state index in [1.165, 1.54) is 0 Å². The largest absolute Gasteiger partial charge is 0.478 e. The molecular formula is C24H17ClN2O3. The van der Waals surface area contributed by atoms with Gasteiger partial charge < -0.3 is 9.64 Å². The van der Waals surface area contributed by atoms with Gasteiger partial charge in [0.15, 0.2) is 17.7 Å². The van der Waals surface area contributed by atoms with Crippen LogP contribution in [0.3, 0.4) is 0 Å². The molecule has 2 aromatic rings. The normalized spacial score (nSPS) is 21.2. The maximum absolute atomic E-state index is 13.6. The number of halogens is 1. The van der Waals surface area contributed by atoms with Gasteiger partial charge in [-0.25, -0.2) is 4.99 Å². The average Bonchev–Trinajstić information content (AvgIpc) is 3.30. The summed E-state index contributed by atoms with van der Waals surface area (Å²) >= 11 is 6.14. The molecule has 0 spiro atoms. The molecule has 2 aliphatic carbocycles. The first-order valence-electron chi connectivity index (χ1n) is 10.1. The number of carbonyl (C=O) groups is 2. The highest BCUT2D eigenvalue weighted by molar-refractivity contribution is 6.33. The van der Waals surface area contributed by atoms with E-state index >= 15 is 0 Å². The maximum atomic E-state index is 13.6. The van der Waals surface area contributed by atoms with E-state index in [4.69, 9.17) is 21.3 Å². The molecule has 1 saturated heterocycles. The van der Waals surface area contributed by atoms with Crippen molar-refractivity contribution in [2.45, 2.75) is 18.9 Å². The Hall–Kier alpha value is -3.18. The van der Waals surface area contributed by atoms with Gasteiger partial charge in [0.2, 0.25) is 0 Å². The molecule has 2 aliphatic heterocycles. The van der Waals surface area contributed by atoms with Gasteiger partial charge in [0, 0.05) is 35.3 Å². The van der Waals surface area contributed by atoms with Gasteiger partial charge in [-0.05, 0) is 31.1 Å². The van der Waals surface area contributed by atoms with Crippen molar-refractivity contribution in [1.29, 1.82) is 0 Å². The quantitative estimate of drug-likeness (QED) is 0.582. The number of ketones is 2. The predicted molar refractivity (Wildman–Crippen MR) is 116 cm³/mol. The van der Waals surface area contributed by atoms with E-state index in [2.05, 4.69) is 4.90 Å². The van der Waals surface area contributed by atoms with Gasteiger partial charge in [-0.2, -0.15) is 0 Å². The van der Waals surface area contributed by atoms with E-state index in [0.29, 0.717) is 44.4 Å². The highest BCUT2D eigenvalue weighted by Crippen LogP contribution is 2.47. The van der Waals surface area contributed by atoms with Crippen molar-refractivity contribution in [3.63, 3.8) is 0 Å². The fourth-order valence-electron chi connectivity index (χ4n) is 4.65. The molecule has 2 aromatic carbocycles. The highest BCUT2D eigenvalue weighted by Gasteiger charge is 2.39. The third-order valence-corrected chi connectivity index (χ3v) is 6.32. The van der Waals surface area contributed by atoms with Crippen LogP contribution in [0.25, 0.3) is 0 Å². The van der Waals surface area contributed by atoms with E-state index in [1.54, 1.807) is 42.5 Å². The molecule has 0 amide bonds. The van der Waals surface area contributed by atoms with Crippen LogP contribution in [0.2, 0.25) is 0 Å². The van der Waals surface area contributed by atoms with Gasteiger partial charge in [0.05, 0.1) is 22.5 Å². The summed E-state index contributed by atoms with van der Waals surface area (Å²) in [5, 5.41) is 0.584. The van der Waals surface area contributed by atoms with Gasteiger partial charge in [0.1, 0.15) is 11.4 Å². The lowest BCUT2D eigenvalue weighted by molar-refractivity contribution is 0.0979. The number of hydrogen-bond acceptors (Lipinski definition) is 5. The number of fused-ring (bicyclic) bond motifs is 5. The summed E-state index contributed by atoms with van der Waals surface area (Å²) in [7, 11) is 0. The van der Waals surface area contributed by atoms with Crippen molar-refractivity contribution in [2.24, 2.45) is 4.99 Å². The van der Waals surface area contributed by atoms with Crippen LogP contribution >= 0.6 is 11.6 Å². The third kappa shape index (κ3) is 2.45. The number of allylic oxidation sites excluding steroid dienone is 2. The number of nitrogens with zero attached hydrogens (tertiary/aromatic N) is 2. The minimum absolute atomic E-state index is 0.130. The summed E-state index contributed by atoms with van der Waals surface area (Å²) < 4.78 is 6.21. The molecule has 0 saturated carbocycles. The van der Waals surface area contributed by atoms with Gasteiger partial charge in [-0.1, -0.05) is 35.9 Å². The second-order valence-corrected chi connectivity index (χ2v) is 8.29. The Bertz CT molecular complexity index is 1240. The molecular weight excluding hydrogens is 400 g/mol. The molecule has 148 valence electrons. The average molecular weight is 417 g/mol. The molecule has 6 rings (SSSR count). The van der Waals surface area contributed by atoms with E-state index in [0.717, 1.165) is 31.6 Å². The zero-order chi connectivity index (χ0) is 20.4. The summed E-state index contributed by atoms with van der Waals surface area (Å²) in [5.41, 5.74) is 3.52. The Morgan fingerprint density at radius 2 is 1.70 bits per heavy atom. The SMILES string of the molecule is O=C1c2ccccc2C(=O)c2c3c(cc(N4CCCC4)c21)OC1C=C(Cl)C=CC1=N3. The standard InChI is InChI=1S/C24H17ClN2O3/c25-13-7-8-16-18(11-13)30-19-12-17(27-9-3-4-10-27)20-21(22(19)26-16)24(29)15-6-2-1-5-14(15)23(20)28/h1-2,5-8,11-12,18H,3-4,9-10H2. The second kappa shape index (κ2) is 6.41. The number of hydrogen-bond donors (Lipinski definition) is 0. The number of aliphatic imine (C=N–C) groups is 1. The summed E-state index contributed by atoms with van der Waals surface area (Å²) in [6, 6.07) is 8.87. The number of ether oxygens (including phenoxy) is 1. The van der Waals surface area contributed by atoms with Gasteiger partial charge >= 0.3 is 0 Å². The molecule has 1 unspecified atom stereocenters. The molecule has 1 fully saturated rings. The first-order chi connectivity index (χ1) is 14.6. The van der Waals surface area contributed by atoms with Crippen molar-refractivity contribution in [2.75, 3.05) is 18.0 Å². The molecule has 0 aromatic heterocycles. The third-order valence-electron chi connectivity index (χ3n) is 6.07. The van der Waals surface area contributed by atoms with Gasteiger partial charge in [0.25, 0.3) is 0 Å². The summed E-state index contributed by atoms with van der Waals surface area (Å²) in [4.78, 5) is 34.0. The summed E-state index contributed by atoms with van der Waals surface area (Å²) in [6.07, 6.45) is 7.04. The highest BCUT2D eigenvalue weighted by atomic mass is 35.5. The molecule has 30 heavy (non-hydrogen) atoms. The predicted octanol–water partition coefficient (Wildman–Crippen LogP) is 4.59. The number of anilines is 1. The Morgan fingerprint density at radius 3 is 2.43 bits per heavy atom. The van der Waals surface area contributed by atoms with Crippen LogP contribution in [0.5, 0.6) is 5.75 Å². The van der Waals surface area contributed by atoms with Crippen LogP contribution in [0.4, 0.5) is 11.4 Å². The molecule has 2 heterocycles. The van der Waals surface area contributed by atoms with Crippen LogP contribution in [-0.4, -0.2) is 36.5 Å². The lowest BCUT2D eigenvalue weighted by Gasteiger charge is -2.31. The molecule has 0 bridgehead atoms. The van der Waals surface area contributed by atoms with Crippen molar-refractivity contribution < 1.29 is 14.3 Å². The minimum atomic E-state index is -0.402. The van der Waals surface area contributed by atoms with Crippen LogP contribution in [-0.2, 0) is 0 Å². The number of rotatable bonds is 1. The van der Waals surface area contributed by atoms with Crippen molar-refractivity contribution >= 4 is 40.3 Å². The first kappa shape index (κ1) is 17.7. The molecule has 5 nitrogen and oxygen atoms in total. The first-order valence-corrected chi connectivity index (χ1v) is 10.4. The fraction of sp³-hybridized carbons (Fsp3) is 0.208. The van der Waals surface area contributed by atoms with E-state index in [1.807, 2.05) is 6.07 Å². The van der Waals surface area contributed by atoms with E-state index < -0.39 is 6.10 Å². The number of carbonyl (C=O) groups excluding carboxylic acids is 2.